The number of rotatable bonds is 4. The second-order valence-electron chi connectivity index (χ2n) is 6.03. The van der Waals surface area contributed by atoms with Crippen LogP contribution in [0.25, 0.3) is 6.08 Å². The molecule has 0 atom stereocenters. The van der Waals surface area contributed by atoms with E-state index in [9.17, 15) is 14.0 Å². The maximum absolute atomic E-state index is 13.3. The van der Waals surface area contributed by atoms with Gasteiger partial charge in [0.2, 0.25) is 5.91 Å². The lowest BCUT2D eigenvalue weighted by molar-refractivity contribution is -0.125. The summed E-state index contributed by atoms with van der Waals surface area (Å²) in [7, 11) is 3.34. The number of anilines is 1. The molecular weight excluding hydrogens is 365 g/mol. The van der Waals surface area contributed by atoms with E-state index in [0.29, 0.717) is 10.9 Å². The number of amidine groups is 1. The van der Waals surface area contributed by atoms with Gasteiger partial charge in [-0.05, 0) is 35.9 Å². The minimum absolute atomic E-state index is 0.0882. The van der Waals surface area contributed by atoms with Crippen molar-refractivity contribution >= 4 is 40.5 Å². The van der Waals surface area contributed by atoms with E-state index in [0.717, 1.165) is 5.56 Å². The molecule has 0 radical (unpaired) electrons. The van der Waals surface area contributed by atoms with Crippen LogP contribution in [-0.4, -0.2) is 41.7 Å². The van der Waals surface area contributed by atoms with Crippen molar-refractivity contribution in [2.45, 2.75) is 0 Å². The van der Waals surface area contributed by atoms with Crippen molar-refractivity contribution in [2.24, 2.45) is 4.99 Å². The molecule has 5 nitrogen and oxygen atoms in total. The predicted molar refractivity (Wildman–Crippen MR) is 107 cm³/mol. The van der Waals surface area contributed by atoms with Gasteiger partial charge in [-0.3, -0.25) is 14.5 Å². The minimum Gasteiger partial charge on any atom is -0.348 e. The van der Waals surface area contributed by atoms with Gasteiger partial charge in [-0.1, -0.05) is 42.1 Å². The van der Waals surface area contributed by atoms with Crippen molar-refractivity contribution in [2.75, 3.05) is 24.7 Å². The van der Waals surface area contributed by atoms with Gasteiger partial charge in [0.15, 0.2) is 5.17 Å². The van der Waals surface area contributed by atoms with E-state index in [1.165, 1.54) is 45.8 Å². The summed E-state index contributed by atoms with van der Waals surface area (Å²) in [6, 6.07) is 15.0. The summed E-state index contributed by atoms with van der Waals surface area (Å²) in [6.07, 6.45) is 1.69. The Morgan fingerprint density at radius 1 is 1.15 bits per heavy atom. The number of aliphatic imine (C=N–C) groups is 1. The summed E-state index contributed by atoms with van der Waals surface area (Å²) < 4.78 is 13.3. The van der Waals surface area contributed by atoms with Crippen LogP contribution in [0.5, 0.6) is 0 Å². The number of hydrogen-bond donors (Lipinski definition) is 0. The van der Waals surface area contributed by atoms with Crippen LogP contribution in [0.15, 0.2) is 65.3 Å². The third-order valence-corrected chi connectivity index (χ3v) is 4.76. The first-order valence-corrected chi connectivity index (χ1v) is 9.22. The molecule has 3 rings (SSSR count). The number of nitrogens with zero attached hydrogens (tertiary/aromatic N) is 3. The Balaban J connectivity index is 1.93. The Morgan fingerprint density at radius 2 is 1.81 bits per heavy atom. The zero-order valence-electron chi connectivity index (χ0n) is 14.9. The molecule has 0 saturated heterocycles. The number of benzene rings is 2. The molecule has 0 unspecified atom stereocenters. The molecule has 0 aliphatic carbocycles. The molecule has 27 heavy (non-hydrogen) atoms. The largest absolute Gasteiger partial charge is 0.348 e. The first-order chi connectivity index (χ1) is 13.0. The molecule has 0 N–H and O–H groups in total. The predicted octanol–water partition coefficient (Wildman–Crippen LogP) is 3.39. The van der Waals surface area contributed by atoms with Gasteiger partial charge < -0.3 is 4.90 Å². The molecule has 1 aliphatic heterocycles. The highest BCUT2D eigenvalue weighted by molar-refractivity contribution is 8.14. The van der Waals surface area contributed by atoms with Crippen LogP contribution in [-0.2, 0) is 9.59 Å². The molecule has 0 spiro atoms. The normalized spacial score (nSPS) is 15.2. The van der Waals surface area contributed by atoms with Crippen LogP contribution >= 0.6 is 11.8 Å². The average Bonchev–Trinajstić information content (AvgIpc) is 2.96. The van der Waals surface area contributed by atoms with Gasteiger partial charge in [-0.25, -0.2) is 9.38 Å². The average molecular weight is 383 g/mol. The van der Waals surface area contributed by atoms with E-state index in [4.69, 9.17) is 0 Å². The molecule has 2 amide bonds. The number of amides is 2. The van der Waals surface area contributed by atoms with Gasteiger partial charge in [-0.2, -0.15) is 0 Å². The molecule has 1 heterocycles. The highest BCUT2D eigenvalue weighted by Gasteiger charge is 2.32. The van der Waals surface area contributed by atoms with Crippen molar-refractivity contribution in [3.05, 3.63) is 71.7 Å². The van der Waals surface area contributed by atoms with Crippen LogP contribution in [0.2, 0.25) is 0 Å². The molecule has 138 valence electrons. The van der Waals surface area contributed by atoms with Crippen LogP contribution in [0.4, 0.5) is 10.1 Å². The molecule has 0 saturated carbocycles. The van der Waals surface area contributed by atoms with Crippen LogP contribution in [0.3, 0.4) is 0 Å². The highest BCUT2D eigenvalue weighted by Crippen LogP contribution is 2.29. The summed E-state index contributed by atoms with van der Waals surface area (Å²) >= 11 is 1.17. The fourth-order valence-corrected chi connectivity index (χ4v) is 3.36. The van der Waals surface area contributed by atoms with E-state index < -0.39 is 0 Å². The van der Waals surface area contributed by atoms with Crippen molar-refractivity contribution in [1.29, 1.82) is 0 Å². The van der Waals surface area contributed by atoms with Crippen molar-refractivity contribution < 1.29 is 14.0 Å². The third-order valence-electron chi connectivity index (χ3n) is 3.84. The molecule has 2 aromatic carbocycles. The minimum atomic E-state index is -0.389. The summed E-state index contributed by atoms with van der Waals surface area (Å²) in [5, 5.41) is 0.393. The number of carbonyl (C=O) groups excluding carboxylic acids is 2. The Labute approximate surface area is 161 Å². The molecule has 7 heteroatoms. The van der Waals surface area contributed by atoms with Crippen LogP contribution in [0.1, 0.15) is 5.56 Å². The first kappa shape index (κ1) is 18.8. The SMILES string of the molecule is CN(C)C(=O)CSC1=N/C(=C\c2ccccc2)C(=O)N1c1ccc(F)cc1. The Hall–Kier alpha value is -2.93. The summed E-state index contributed by atoms with van der Waals surface area (Å²) in [6.45, 7) is 0. The molecule has 0 bridgehead atoms. The van der Waals surface area contributed by atoms with E-state index in [-0.39, 0.29) is 29.1 Å². The molecular formula is C20H18FN3O2S. The summed E-state index contributed by atoms with van der Waals surface area (Å²) in [4.78, 5) is 32.2. The molecule has 1 aliphatic rings. The summed E-state index contributed by atoms with van der Waals surface area (Å²) in [5.74, 6) is -0.644. The van der Waals surface area contributed by atoms with E-state index in [2.05, 4.69) is 4.99 Å². The Bertz CT molecular complexity index is 909. The Kier molecular flexibility index (Phi) is 5.71. The maximum Gasteiger partial charge on any atom is 0.283 e. The monoisotopic (exact) mass is 383 g/mol. The fraction of sp³-hybridized carbons (Fsp3) is 0.150. The van der Waals surface area contributed by atoms with Gasteiger partial charge in [0.1, 0.15) is 11.5 Å². The van der Waals surface area contributed by atoms with Gasteiger partial charge >= 0.3 is 0 Å². The second-order valence-corrected chi connectivity index (χ2v) is 6.97. The number of carbonyl (C=O) groups is 2. The third kappa shape index (κ3) is 4.43. The van der Waals surface area contributed by atoms with E-state index >= 15 is 0 Å². The molecule has 0 aromatic heterocycles. The second kappa shape index (κ2) is 8.18. The number of thioether (sulfide) groups is 1. The van der Waals surface area contributed by atoms with Gasteiger partial charge in [0.05, 0.1) is 11.4 Å². The van der Waals surface area contributed by atoms with E-state index in [1.54, 1.807) is 20.2 Å². The topological polar surface area (TPSA) is 53.0 Å². The lowest BCUT2D eigenvalue weighted by atomic mass is 10.2. The smallest absolute Gasteiger partial charge is 0.283 e. The molecule has 0 fully saturated rings. The lowest BCUT2D eigenvalue weighted by Gasteiger charge is -2.18. The van der Waals surface area contributed by atoms with Crippen LogP contribution < -0.4 is 4.90 Å². The lowest BCUT2D eigenvalue weighted by Crippen LogP contribution is -2.32. The van der Waals surface area contributed by atoms with Gasteiger partial charge in [0.25, 0.3) is 5.91 Å². The first-order valence-electron chi connectivity index (χ1n) is 8.24. The standard InChI is InChI=1S/C20H18FN3O2S/c1-23(2)18(25)13-27-20-22-17(12-14-6-4-3-5-7-14)19(26)24(20)16-10-8-15(21)9-11-16/h3-12H,13H2,1-2H3/b17-12-. The number of halogens is 1. The van der Waals surface area contributed by atoms with Gasteiger partial charge in [0, 0.05) is 14.1 Å². The molecule has 2 aromatic rings. The van der Waals surface area contributed by atoms with Crippen molar-refractivity contribution in [3.8, 4) is 0 Å². The van der Waals surface area contributed by atoms with Crippen molar-refractivity contribution in [3.63, 3.8) is 0 Å². The van der Waals surface area contributed by atoms with Crippen molar-refractivity contribution in [1.82, 2.24) is 4.90 Å². The zero-order chi connectivity index (χ0) is 19.4. The zero-order valence-corrected chi connectivity index (χ0v) is 15.7. The van der Waals surface area contributed by atoms with Crippen LogP contribution in [0, 0.1) is 5.82 Å². The quantitative estimate of drug-likeness (QED) is 0.761. The number of hydrogen-bond acceptors (Lipinski definition) is 4. The van der Waals surface area contributed by atoms with E-state index in [1.807, 2.05) is 30.3 Å². The highest BCUT2D eigenvalue weighted by atomic mass is 32.2. The summed E-state index contributed by atoms with van der Waals surface area (Å²) in [5.41, 5.74) is 1.62. The van der Waals surface area contributed by atoms with Gasteiger partial charge in [-0.15, -0.1) is 0 Å². The Morgan fingerprint density at radius 3 is 2.44 bits per heavy atom. The fourth-order valence-electron chi connectivity index (χ4n) is 2.37. The maximum atomic E-state index is 13.3.